The number of thiazole rings is 1. The number of nitrogens with one attached hydrogen (secondary N) is 1. The maximum absolute atomic E-state index is 4.50. The van der Waals surface area contributed by atoms with Crippen molar-refractivity contribution in [2.24, 2.45) is 0 Å². The van der Waals surface area contributed by atoms with Gasteiger partial charge in [-0.3, -0.25) is 4.98 Å². The SMILES string of the molecule is Cc1cc(C)nc(Nc2nc(-c3ccccn3)cs2)n1. The molecule has 0 aliphatic rings. The Bertz CT molecular complexity index is 703. The quantitative estimate of drug-likeness (QED) is 0.798. The molecule has 20 heavy (non-hydrogen) atoms. The third-order valence-corrected chi connectivity index (χ3v) is 3.39. The van der Waals surface area contributed by atoms with Crippen LogP contribution in [0.2, 0.25) is 0 Å². The molecule has 0 aliphatic heterocycles. The van der Waals surface area contributed by atoms with Crippen molar-refractivity contribution >= 4 is 22.4 Å². The maximum Gasteiger partial charge on any atom is 0.229 e. The molecule has 0 saturated heterocycles. The second-order valence-electron chi connectivity index (χ2n) is 4.35. The molecular formula is C14H13N5S. The van der Waals surface area contributed by atoms with E-state index in [0.29, 0.717) is 5.95 Å². The van der Waals surface area contributed by atoms with Gasteiger partial charge in [0, 0.05) is 23.0 Å². The van der Waals surface area contributed by atoms with Crippen LogP contribution in [0.1, 0.15) is 11.4 Å². The normalized spacial score (nSPS) is 10.5. The van der Waals surface area contributed by atoms with Gasteiger partial charge in [-0.2, -0.15) is 0 Å². The Kier molecular flexibility index (Phi) is 3.39. The topological polar surface area (TPSA) is 63.6 Å². The molecule has 0 fully saturated rings. The first kappa shape index (κ1) is 12.7. The van der Waals surface area contributed by atoms with Gasteiger partial charge in [0.2, 0.25) is 5.95 Å². The molecule has 0 saturated carbocycles. The number of pyridine rings is 1. The average Bonchev–Trinajstić information content (AvgIpc) is 2.87. The van der Waals surface area contributed by atoms with E-state index >= 15 is 0 Å². The summed E-state index contributed by atoms with van der Waals surface area (Å²) in [7, 11) is 0. The van der Waals surface area contributed by atoms with Gasteiger partial charge in [-0.05, 0) is 32.0 Å². The van der Waals surface area contributed by atoms with Gasteiger partial charge in [-0.25, -0.2) is 15.0 Å². The summed E-state index contributed by atoms with van der Waals surface area (Å²) in [6.07, 6.45) is 1.76. The molecule has 100 valence electrons. The second kappa shape index (κ2) is 5.34. The molecule has 1 N–H and O–H groups in total. The first-order valence-electron chi connectivity index (χ1n) is 6.17. The van der Waals surface area contributed by atoms with E-state index in [-0.39, 0.29) is 0 Å². The Morgan fingerprint density at radius 1 is 1.00 bits per heavy atom. The highest BCUT2D eigenvalue weighted by atomic mass is 32.1. The number of rotatable bonds is 3. The van der Waals surface area contributed by atoms with Gasteiger partial charge in [0.25, 0.3) is 0 Å². The molecule has 3 rings (SSSR count). The zero-order valence-electron chi connectivity index (χ0n) is 11.2. The van der Waals surface area contributed by atoms with Gasteiger partial charge in [0.15, 0.2) is 5.13 Å². The predicted molar refractivity (Wildman–Crippen MR) is 80.1 cm³/mol. The molecule has 3 heterocycles. The van der Waals surface area contributed by atoms with Crippen molar-refractivity contribution in [2.75, 3.05) is 5.32 Å². The van der Waals surface area contributed by atoms with E-state index in [4.69, 9.17) is 0 Å². The van der Waals surface area contributed by atoms with E-state index in [2.05, 4.69) is 25.3 Å². The van der Waals surface area contributed by atoms with Crippen LogP contribution in [0.15, 0.2) is 35.8 Å². The Morgan fingerprint density at radius 2 is 1.80 bits per heavy atom. The number of hydrogen-bond donors (Lipinski definition) is 1. The minimum Gasteiger partial charge on any atom is -0.300 e. The minimum absolute atomic E-state index is 0.574. The number of aromatic nitrogens is 4. The first-order chi connectivity index (χ1) is 9.70. The molecule has 0 aliphatic carbocycles. The smallest absolute Gasteiger partial charge is 0.229 e. The van der Waals surface area contributed by atoms with E-state index in [0.717, 1.165) is 27.9 Å². The summed E-state index contributed by atoms with van der Waals surface area (Å²) in [6.45, 7) is 3.89. The lowest BCUT2D eigenvalue weighted by atomic mass is 10.3. The van der Waals surface area contributed by atoms with Crippen LogP contribution in [-0.4, -0.2) is 19.9 Å². The second-order valence-corrected chi connectivity index (χ2v) is 5.21. The van der Waals surface area contributed by atoms with E-state index in [1.807, 2.05) is 43.5 Å². The van der Waals surface area contributed by atoms with Crippen LogP contribution < -0.4 is 5.32 Å². The lowest BCUT2D eigenvalue weighted by Gasteiger charge is -2.03. The summed E-state index contributed by atoms with van der Waals surface area (Å²) >= 11 is 1.51. The summed E-state index contributed by atoms with van der Waals surface area (Å²) in [5.41, 5.74) is 3.57. The highest BCUT2D eigenvalue weighted by Gasteiger charge is 2.07. The van der Waals surface area contributed by atoms with Gasteiger partial charge in [-0.1, -0.05) is 6.07 Å². The van der Waals surface area contributed by atoms with Crippen molar-refractivity contribution in [1.82, 2.24) is 19.9 Å². The highest BCUT2D eigenvalue weighted by Crippen LogP contribution is 2.24. The third kappa shape index (κ3) is 2.80. The Hall–Kier alpha value is -2.34. The van der Waals surface area contributed by atoms with Crippen molar-refractivity contribution in [1.29, 1.82) is 0 Å². The molecule has 3 aromatic rings. The fourth-order valence-corrected chi connectivity index (χ4v) is 2.54. The molecular weight excluding hydrogens is 270 g/mol. The minimum atomic E-state index is 0.574. The molecule has 3 aromatic heterocycles. The van der Waals surface area contributed by atoms with Crippen molar-refractivity contribution in [3.05, 3.63) is 47.2 Å². The molecule has 0 bridgehead atoms. The van der Waals surface area contributed by atoms with Crippen LogP contribution in [-0.2, 0) is 0 Å². The number of hydrogen-bond acceptors (Lipinski definition) is 6. The molecule has 6 heteroatoms. The number of anilines is 2. The van der Waals surface area contributed by atoms with Gasteiger partial charge in [-0.15, -0.1) is 11.3 Å². The average molecular weight is 283 g/mol. The molecule has 0 aromatic carbocycles. The summed E-state index contributed by atoms with van der Waals surface area (Å²) in [4.78, 5) is 17.5. The van der Waals surface area contributed by atoms with Crippen LogP contribution in [0.25, 0.3) is 11.4 Å². The number of nitrogens with zero attached hydrogens (tertiary/aromatic N) is 4. The Balaban J connectivity index is 1.84. The summed E-state index contributed by atoms with van der Waals surface area (Å²) in [5, 5.41) is 5.86. The Morgan fingerprint density at radius 3 is 2.50 bits per heavy atom. The van der Waals surface area contributed by atoms with Crippen molar-refractivity contribution in [2.45, 2.75) is 13.8 Å². The van der Waals surface area contributed by atoms with Crippen molar-refractivity contribution in [3.8, 4) is 11.4 Å². The van der Waals surface area contributed by atoms with Crippen LogP contribution in [0, 0.1) is 13.8 Å². The van der Waals surface area contributed by atoms with Gasteiger partial charge in [0.1, 0.15) is 5.69 Å². The first-order valence-corrected chi connectivity index (χ1v) is 7.05. The summed E-state index contributed by atoms with van der Waals surface area (Å²) in [6, 6.07) is 7.71. The van der Waals surface area contributed by atoms with Crippen LogP contribution in [0.5, 0.6) is 0 Å². The maximum atomic E-state index is 4.50. The monoisotopic (exact) mass is 283 g/mol. The van der Waals surface area contributed by atoms with E-state index in [9.17, 15) is 0 Å². The Labute approximate surface area is 120 Å². The predicted octanol–water partition coefficient (Wildman–Crippen LogP) is 3.36. The van der Waals surface area contributed by atoms with E-state index in [1.54, 1.807) is 6.20 Å². The largest absolute Gasteiger partial charge is 0.300 e. The van der Waals surface area contributed by atoms with Gasteiger partial charge < -0.3 is 5.32 Å². The highest BCUT2D eigenvalue weighted by molar-refractivity contribution is 7.14. The van der Waals surface area contributed by atoms with Crippen LogP contribution in [0.4, 0.5) is 11.1 Å². The summed E-state index contributed by atoms with van der Waals surface area (Å²) < 4.78 is 0. The summed E-state index contributed by atoms with van der Waals surface area (Å²) in [5.74, 6) is 0.574. The van der Waals surface area contributed by atoms with Crippen LogP contribution >= 0.6 is 11.3 Å². The fourth-order valence-electron chi connectivity index (χ4n) is 1.84. The lowest BCUT2D eigenvalue weighted by molar-refractivity contribution is 1.06. The van der Waals surface area contributed by atoms with Gasteiger partial charge in [0.05, 0.1) is 5.69 Å². The zero-order valence-corrected chi connectivity index (χ0v) is 12.0. The molecule has 0 unspecified atom stereocenters. The third-order valence-electron chi connectivity index (χ3n) is 2.63. The standard InChI is InChI=1S/C14H13N5S/c1-9-7-10(2)17-13(16-9)19-14-18-12(8-20-14)11-5-3-4-6-15-11/h3-8H,1-2H3,(H,16,17,18,19). The molecule has 0 radical (unpaired) electrons. The molecule has 0 atom stereocenters. The zero-order chi connectivity index (χ0) is 13.9. The van der Waals surface area contributed by atoms with E-state index in [1.165, 1.54) is 11.3 Å². The van der Waals surface area contributed by atoms with Gasteiger partial charge >= 0.3 is 0 Å². The molecule has 5 nitrogen and oxygen atoms in total. The van der Waals surface area contributed by atoms with Crippen LogP contribution in [0.3, 0.4) is 0 Å². The fraction of sp³-hybridized carbons (Fsp3) is 0.143. The molecule has 0 amide bonds. The molecule has 0 spiro atoms. The number of aryl methyl sites for hydroxylation is 2. The van der Waals surface area contributed by atoms with E-state index < -0.39 is 0 Å². The van der Waals surface area contributed by atoms with Crippen molar-refractivity contribution < 1.29 is 0 Å². The van der Waals surface area contributed by atoms with Crippen molar-refractivity contribution in [3.63, 3.8) is 0 Å². The lowest BCUT2D eigenvalue weighted by Crippen LogP contribution is -1.99.